The second-order valence-electron chi connectivity index (χ2n) is 5.34. The predicted molar refractivity (Wildman–Crippen MR) is 85.4 cm³/mol. The Balaban J connectivity index is 2.36. The van der Waals surface area contributed by atoms with E-state index in [1.54, 1.807) is 15.7 Å². The minimum Gasteiger partial charge on any atom is -0.364 e. The van der Waals surface area contributed by atoms with Crippen LogP contribution in [0.15, 0.2) is 5.10 Å². The first-order valence-electron chi connectivity index (χ1n) is 6.92. The van der Waals surface area contributed by atoms with Gasteiger partial charge in [-0.25, -0.2) is 3.93 Å². The molecule has 132 valence electrons. The Morgan fingerprint density at radius 2 is 2.13 bits per heavy atom. The maximum Gasteiger partial charge on any atom is 0.434 e. The van der Waals surface area contributed by atoms with Gasteiger partial charge < -0.3 is 9.53 Å². The molecule has 0 aromatic rings. The Morgan fingerprint density at radius 1 is 1.48 bits per heavy atom. The van der Waals surface area contributed by atoms with E-state index in [2.05, 4.69) is 37.2 Å². The largest absolute Gasteiger partial charge is 0.434 e. The second-order valence-corrected chi connectivity index (χ2v) is 7.46. The maximum absolute atomic E-state index is 13.5. The van der Waals surface area contributed by atoms with Crippen LogP contribution in [-0.4, -0.2) is 82.0 Å². The number of carbonyl (C=O) groups excluding carboxylic acids is 1. The molecule has 2 heterocycles. The number of alkyl halides is 4. The number of hydrogen-bond acceptors (Lipinski definition) is 6. The van der Waals surface area contributed by atoms with Gasteiger partial charge in [-0.05, 0) is 6.92 Å². The van der Waals surface area contributed by atoms with E-state index < -0.39 is 22.4 Å². The van der Waals surface area contributed by atoms with Crippen LogP contribution in [0.5, 0.6) is 0 Å². The van der Waals surface area contributed by atoms with E-state index in [-0.39, 0.29) is 19.3 Å². The van der Waals surface area contributed by atoms with Gasteiger partial charge in [0.2, 0.25) is 0 Å². The van der Waals surface area contributed by atoms with Crippen molar-refractivity contribution in [2.24, 2.45) is 5.10 Å². The Bertz CT molecular complexity index is 493. The summed E-state index contributed by atoms with van der Waals surface area (Å²) in [4.78, 5) is 12.4. The zero-order chi connectivity index (χ0) is 17.4. The predicted octanol–water partition coefficient (Wildman–Crippen LogP) is 1.80. The molecule has 0 N–H and O–H groups in total. The Kier molecular flexibility index (Phi) is 5.77. The summed E-state index contributed by atoms with van der Waals surface area (Å²) in [6, 6.07) is -0.663. The van der Waals surface area contributed by atoms with Crippen LogP contribution in [0.2, 0.25) is 0 Å². The molecule has 3 atom stereocenters. The summed E-state index contributed by atoms with van der Waals surface area (Å²) in [5.74, 6) is 0. The van der Waals surface area contributed by atoms with Crippen LogP contribution < -0.4 is 0 Å². The lowest BCUT2D eigenvalue weighted by Gasteiger charge is -2.46. The van der Waals surface area contributed by atoms with Gasteiger partial charge in [0, 0.05) is 42.9 Å². The molecule has 1 saturated heterocycles. The van der Waals surface area contributed by atoms with Gasteiger partial charge in [0.25, 0.3) is 0 Å². The Morgan fingerprint density at radius 3 is 2.65 bits per heavy atom. The molecular formula is C12H17Br2F3N4O2. The standard InChI is InChI=1S/C12H17Br2F3N4O2/c1-8-11(13,19-3-4-20(14)9(7-19)23-2)10(12(15,16)17)18-21(8)5-6-22/h6,8-9H,3-5,7H2,1-2H3. The first-order valence-corrected chi connectivity index (χ1v) is 8.42. The van der Waals surface area contributed by atoms with Gasteiger partial charge in [-0.1, -0.05) is 15.9 Å². The topological polar surface area (TPSA) is 48.4 Å². The molecule has 0 saturated carbocycles. The quantitative estimate of drug-likeness (QED) is 0.274. The monoisotopic (exact) mass is 464 g/mol. The van der Waals surface area contributed by atoms with Crippen molar-refractivity contribution in [3.63, 3.8) is 0 Å². The molecule has 2 aliphatic heterocycles. The number of aldehydes is 1. The van der Waals surface area contributed by atoms with E-state index in [4.69, 9.17) is 4.74 Å². The summed E-state index contributed by atoms with van der Waals surface area (Å²) in [5.41, 5.74) is -0.947. The highest BCUT2D eigenvalue weighted by atomic mass is 79.9. The molecular weight excluding hydrogens is 449 g/mol. The third-order valence-corrected chi connectivity index (χ3v) is 6.45. The molecule has 1 fully saturated rings. The average molecular weight is 466 g/mol. The smallest absolute Gasteiger partial charge is 0.364 e. The molecule has 3 unspecified atom stereocenters. The number of piperazine rings is 1. The second kappa shape index (κ2) is 6.95. The first-order chi connectivity index (χ1) is 10.7. The lowest BCUT2D eigenvalue weighted by atomic mass is 10.0. The number of hydrazone groups is 1. The van der Waals surface area contributed by atoms with Crippen molar-refractivity contribution in [1.29, 1.82) is 0 Å². The van der Waals surface area contributed by atoms with Crippen molar-refractivity contribution in [2.45, 2.75) is 29.8 Å². The minimum absolute atomic E-state index is 0.194. The molecule has 0 amide bonds. The summed E-state index contributed by atoms with van der Waals surface area (Å²) in [5, 5.41) is 4.83. The summed E-state index contributed by atoms with van der Waals surface area (Å²) in [7, 11) is 1.50. The Labute approximate surface area is 149 Å². The molecule has 6 nitrogen and oxygen atoms in total. The van der Waals surface area contributed by atoms with Gasteiger partial charge in [0.05, 0.1) is 12.6 Å². The number of rotatable bonds is 4. The van der Waals surface area contributed by atoms with Crippen molar-refractivity contribution >= 4 is 44.1 Å². The summed E-state index contributed by atoms with van der Waals surface area (Å²) in [6.45, 7) is 2.53. The molecule has 0 radical (unpaired) electrons. The fourth-order valence-electron chi connectivity index (χ4n) is 2.84. The van der Waals surface area contributed by atoms with Crippen LogP contribution >= 0.6 is 32.1 Å². The van der Waals surface area contributed by atoms with Gasteiger partial charge in [-0.3, -0.25) is 9.91 Å². The molecule has 0 aromatic heterocycles. The fraction of sp³-hybridized carbons (Fsp3) is 0.833. The lowest BCUT2D eigenvalue weighted by Crippen LogP contribution is -2.65. The number of carbonyl (C=O) groups is 1. The highest BCUT2D eigenvalue weighted by molar-refractivity contribution is 9.10. The normalized spacial score (nSPS) is 33.9. The fourth-order valence-corrected chi connectivity index (χ4v) is 4.16. The molecule has 0 bridgehead atoms. The summed E-state index contributed by atoms with van der Waals surface area (Å²) >= 11 is 6.62. The van der Waals surface area contributed by atoms with Crippen LogP contribution in [0, 0.1) is 0 Å². The van der Waals surface area contributed by atoms with Crippen LogP contribution in [0.4, 0.5) is 13.2 Å². The van der Waals surface area contributed by atoms with E-state index >= 15 is 0 Å². The highest BCUT2D eigenvalue weighted by Gasteiger charge is 2.61. The van der Waals surface area contributed by atoms with Gasteiger partial charge in [-0.2, -0.15) is 18.3 Å². The van der Waals surface area contributed by atoms with Crippen molar-refractivity contribution in [1.82, 2.24) is 13.8 Å². The number of halogens is 5. The van der Waals surface area contributed by atoms with Gasteiger partial charge in [0.1, 0.15) is 17.0 Å². The molecule has 0 aliphatic carbocycles. The maximum atomic E-state index is 13.5. The molecule has 11 heteroatoms. The van der Waals surface area contributed by atoms with E-state index in [1.807, 2.05) is 0 Å². The molecule has 0 aromatic carbocycles. The average Bonchev–Trinajstić information content (AvgIpc) is 2.74. The van der Waals surface area contributed by atoms with E-state index in [1.165, 1.54) is 7.11 Å². The zero-order valence-electron chi connectivity index (χ0n) is 12.6. The third kappa shape index (κ3) is 3.44. The van der Waals surface area contributed by atoms with E-state index in [9.17, 15) is 18.0 Å². The molecule has 2 aliphatic rings. The van der Waals surface area contributed by atoms with Crippen LogP contribution in [0.1, 0.15) is 6.92 Å². The molecule has 23 heavy (non-hydrogen) atoms. The van der Waals surface area contributed by atoms with Gasteiger partial charge >= 0.3 is 6.18 Å². The number of methoxy groups -OCH3 is 1. The highest BCUT2D eigenvalue weighted by Crippen LogP contribution is 2.44. The minimum atomic E-state index is -4.61. The van der Waals surface area contributed by atoms with Crippen molar-refractivity contribution in [2.75, 3.05) is 33.3 Å². The number of hydrogen-bond donors (Lipinski definition) is 0. The first kappa shape index (κ1) is 19.1. The van der Waals surface area contributed by atoms with Crippen molar-refractivity contribution in [3.05, 3.63) is 0 Å². The Hall–Kier alpha value is -0.230. The SMILES string of the molecule is COC1CN(C2(Br)C(C(F)(F)F)=NN(CC=O)C2C)CCN1Br. The summed E-state index contributed by atoms with van der Waals surface area (Å²) in [6.07, 6.45) is -4.45. The van der Waals surface area contributed by atoms with Crippen LogP contribution in [-0.2, 0) is 9.53 Å². The van der Waals surface area contributed by atoms with Crippen molar-refractivity contribution in [3.8, 4) is 0 Å². The zero-order valence-corrected chi connectivity index (χ0v) is 15.7. The van der Waals surface area contributed by atoms with Gasteiger partial charge in [-0.15, -0.1) is 0 Å². The van der Waals surface area contributed by atoms with E-state index in [0.29, 0.717) is 19.4 Å². The molecule has 0 spiro atoms. The van der Waals surface area contributed by atoms with Gasteiger partial charge in [0.15, 0.2) is 5.71 Å². The van der Waals surface area contributed by atoms with E-state index in [0.717, 1.165) is 5.01 Å². The molecule has 2 rings (SSSR count). The van der Waals surface area contributed by atoms with Crippen LogP contribution in [0.25, 0.3) is 0 Å². The number of nitrogens with zero attached hydrogens (tertiary/aromatic N) is 4. The van der Waals surface area contributed by atoms with Crippen LogP contribution in [0.3, 0.4) is 0 Å². The van der Waals surface area contributed by atoms with Crippen molar-refractivity contribution < 1.29 is 22.7 Å². The third-order valence-electron chi connectivity index (χ3n) is 4.10. The lowest BCUT2D eigenvalue weighted by molar-refractivity contribution is -0.109. The summed E-state index contributed by atoms with van der Waals surface area (Å²) < 4.78 is 46.0. The number of ether oxygens (including phenoxy) is 1.